The van der Waals surface area contributed by atoms with Gasteiger partial charge in [-0.25, -0.2) is 9.97 Å². The van der Waals surface area contributed by atoms with Gasteiger partial charge in [-0.2, -0.15) is 0 Å². The highest BCUT2D eigenvalue weighted by Gasteiger charge is 2.29. The first-order chi connectivity index (χ1) is 19.3. The van der Waals surface area contributed by atoms with E-state index in [0.717, 1.165) is 39.0 Å². The van der Waals surface area contributed by atoms with E-state index in [1.54, 1.807) is 25.2 Å². The highest BCUT2D eigenvalue weighted by molar-refractivity contribution is 5.96. The summed E-state index contributed by atoms with van der Waals surface area (Å²) in [6.07, 6.45) is -0.331. The number of aryl methyl sites for hydroxylation is 1. The number of carbonyl (C=O) groups excluding carboxylic acids is 2. The molecular weight excluding hydrogens is 510 g/mol. The van der Waals surface area contributed by atoms with Crippen molar-refractivity contribution in [2.24, 2.45) is 7.05 Å². The van der Waals surface area contributed by atoms with Crippen LogP contribution in [0.15, 0.2) is 60.7 Å². The number of likely N-dealkylation sites (N-methyl/N-ethyl adjacent to an activating group) is 1. The molecule has 202 valence electrons. The first kappa shape index (κ1) is 25.1. The quantitative estimate of drug-likeness (QED) is 0.260. The number of carboxylic acid groups (broad SMARTS) is 1. The number of aromatic nitrogens is 4. The molecule has 1 aliphatic rings. The molecule has 0 radical (unpaired) electrons. The number of carbonyl (C=O) groups is 3. The summed E-state index contributed by atoms with van der Waals surface area (Å²) in [4.78, 5) is 51.3. The van der Waals surface area contributed by atoms with Gasteiger partial charge < -0.3 is 30.2 Å². The molecule has 3 heterocycles. The summed E-state index contributed by atoms with van der Waals surface area (Å²) in [7, 11) is 3.57. The van der Waals surface area contributed by atoms with E-state index in [4.69, 9.17) is 9.97 Å². The molecule has 2 amide bonds. The van der Waals surface area contributed by atoms with Crippen molar-refractivity contribution in [2.45, 2.75) is 25.6 Å². The van der Waals surface area contributed by atoms with Crippen molar-refractivity contribution in [3.63, 3.8) is 0 Å². The smallest absolute Gasteiger partial charge is 0.305 e. The van der Waals surface area contributed by atoms with Crippen LogP contribution < -0.4 is 10.6 Å². The van der Waals surface area contributed by atoms with Crippen molar-refractivity contribution in [1.82, 2.24) is 29.7 Å². The van der Waals surface area contributed by atoms with Gasteiger partial charge in [0, 0.05) is 38.4 Å². The zero-order valence-corrected chi connectivity index (χ0v) is 21.9. The van der Waals surface area contributed by atoms with Crippen molar-refractivity contribution in [3.8, 4) is 11.6 Å². The lowest BCUT2D eigenvalue weighted by Gasteiger charge is -2.19. The Kier molecular flexibility index (Phi) is 6.18. The molecule has 11 nitrogen and oxygen atoms in total. The minimum absolute atomic E-state index is 0.260. The molecule has 1 unspecified atom stereocenters. The highest BCUT2D eigenvalue weighted by Crippen LogP contribution is 2.27. The van der Waals surface area contributed by atoms with Crippen molar-refractivity contribution >= 4 is 45.5 Å². The summed E-state index contributed by atoms with van der Waals surface area (Å²) in [6.45, 7) is 0.521. The Morgan fingerprint density at radius 3 is 2.70 bits per heavy atom. The Hall–Kier alpha value is -5.19. The number of carboxylic acids is 1. The van der Waals surface area contributed by atoms with E-state index < -0.39 is 12.0 Å². The summed E-state index contributed by atoms with van der Waals surface area (Å²) < 4.78 is 2.00. The number of nitrogens with one attached hydrogen (secondary N) is 3. The van der Waals surface area contributed by atoms with Gasteiger partial charge in [0.25, 0.3) is 5.91 Å². The lowest BCUT2D eigenvalue weighted by atomic mass is 10.1. The molecule has 0 saturated heterocycles. The largest absolute Gasteiger partial charge is 0.481 e. The number of H-pyrrole nitrogens is 1. The molecule has 6 rings (SSSR count). The van der Waals surface area contributed by atoms with Gasteiger partial charge >= 0.3 is 5.97 Å². The fraction of sp³-hybridized carbons (Fsp3) is 0.207. The number of aromatic amines is 1. The molecule has 0 fully saturated rings. The van der Waals surface area contributed by atoms with Crippen molar-refractivity contribution in [2.75, 3.05) is 12.4 Å². The summed E-state index contributed by atoms with van der Waals surface area (Å²) in [5.74, 6) is -0.280. The van der Waals surface area contributed by atoms with E-state index in [0.29, 0.717) is 17.1 Å². The number of fused-ring (bicyclic) bond motifs is 3. The number of para-hydroxylation sites is 3. The molecule has 1 atom stereocenters. The minimum atomic E-state index is -1.06. The van der Waals surface area contributed by atoms with Gasteiger partial charge in [-0.3, -0.25) is 14.4 Å². The minimum Gasteiger partial charge on any atom is -0.481 e. The Bertz CT molecular complexity index is 1810. The summed E-state index contributed by atoms with van der Waals surface area (Å²) >= 11 is 0. The number of hydrogen-bond donors (Lipinski definition) is 4. The predicted octanol–water partition coefficient (Wildman–Crippen LogP) is 3.27. The summed E-state index contributed by atoms with van der Waals surface area (Å²) in [6, 6.07) is 17.9. The van der Waals surface area contributed by atoms with Crippen LogP contribution in [0.5, 0.6) is 0 Å². The van der Waals surface area contributed by atoms with Gasteiger partial charge in [0.1, 0.15) is 6.04 Å². The number of hydrogen-bond acceptors (Lipinski definition) is 6. The fourth-order valence-corrected chi connectivity index (χ4v) is 5.14. The SMILES string of the molecule is CN1Cc2cc(C(=O)NCc3cccc4[nH]c(-c5nc6ccccc6n5C)nc34)ccc2NC(CC(=O)O)C1=O. The van der Waals surface area contributed by atoms with Crippen LogP contribution in [0, 0.1) is 0 Å². The van der Waals surface area contributed by atoms with Crippen LogP contribution in [-0.4, -0.2) is 60.4 Å². The number of aliphatic carboxylic acids is 1. The normalized spacial score (nSPS) is 15.1. The van der Waals surface area contributed by atoms with Crippen molar-refractivity contribution < 1.29 is 19.5 Å². The second-order valence-corrected chi connectivity index (χ2v) is 9.93. The van der Waals surface area contributed by atoms with Crippen molar-refractivity contribution in [1.29, 1.82) is 0 Å². The first-order valence-electron chi connectivity index (χ1n) is 12.8. The monoisotopic (exact) mass is 537 g/mol. The predicted molar refractivity (Wildman–Crippen MR) is 150 cm³/mol. The van der Waals surface area contributed by atoms with Gasteiger partial charge in [-0.05, 0) is 47.5 Å². The van der Waals surface area contributed by atoms with E-state index in [9.17, 15) is 19.5 Å². The third-order valence-corrected chi connectivity index (χ3v) is 7.19. The second kappa shape index (κ2) is 9.84. The molecule has 5 aromatic rings. The topological polar surface area (TPSA) is 145 Å². The van der Waals surface area contributed by atoms with Crippen LogP contribution in [0.2, 0.25) is 0 Å². The molecule has 0 bridgehead atoms. The van der Waals surface area contributed by atoms with E-state index in [1.165, 1.54) is 4.90 Å². The van der Waals surface area contributed by atoms with Crippen LogP contribution in [-0.2, 0) is 29.7 Å². The molecule has 40 heavy (non-hydrogen) atoms. The fourth-order valence-electron chi connectivity index (χ4n) is 5.14. The van der Waals surface area contributed by atoms with Crippen LogP contribution in [0.1, 0.15) is 27.9 Å². The summed E-state index contributed by atoms with van der Waals surface area (Å²) in [5, 5.41) is 15.2. The Morgan fingerprint density at radius 2 is 1.90 bits per heavy atom. The maximum absolute atomic E-state index is 13.1. The van der Waals surface area contributed by atoms with E-state index >= 15 is 0 Å². The number of rotatable bonds is 6. The third-order valence-electron chi connectivity index (χ3n) is 7.19. The van der Waals surface area contributed by atoms with E-state index in [-0.39, 0.29) is 31.3 Å². The zero-order valence-electron chi connectivity index (χ0n) is 21.9. The molecule has 3 aromatic carbocycles. The second-order valence-electron chi connectivity index (χ2n) is 9.93. The van der Waals surface area contributed by atoms with E-state index in [2.05, 4.69) is 15.6 Å². The van der Waals surface area contributed by atoms with E-state index in [1.807, 2.05) is 54.1 Å². The molecule has 11 heteroatoms. The van der Waals surface area contributed by atoms with Crippen LogP contribution in [0.4, 0.5) is 5.69 Å². The molecule has 1 aliphatic heterocycles. The average Bonchev–Trinajstić information content (AvgIpc) is 3.49. The first-order valence-corrected chi connectivity index (χ1v) is 12.8. The molecule has 2 aromatic heterocycles. The number of benzene rings is 3. The van der Waals surface area contributed by atoms with Gasteiger partial charge in [0.2, 0.25) is 5.91 Å². The highest BCUT2D eigenvalue weighted by atomic mass is 16.4. The standard InChI is InChI=1S/C29H27N7O4/c1-35-15-18-12-16(10-11-19(18)31-22(29(35)40)13-24(37)38)28(39)30-14-17-6-5-8-21-25(17)34-26(32-21)27-33-20-7-3-4-9-23(20)36(27)2/h3-12,22,31H,13-15H2,1-2H3,(H,30,39)(H,32,34)(H,37,38). The van der Waals surface area contributed by atoms with Crippen molar-refractivity contribution in [3.05, 3.63) is 77.4 Å². The number of imidazole rings is 2. The maximum Gasteiger partial charge on any atom is 0.305 e. The van der Waals surface area contributed by atoms with Crippen LogP contribution in [0.25, 0.3) is 33.7 Å². The maximum atomic E-state index is 13.1. The van der Waals surface area contributed by atoms with Gasteiger partial charge in [0.15, 0.2) is 11.6 Å². The number of anilines is 1. The van der Waals surface area contributed by atoms with Gasteiger partial charge in [-0.1, -0.05) is 24.3 Å². The Labute approximate surface area is 228 Å². The molecule has 0 spiro atoms. The molecular formula is C29H27N7O4. The van der Waals surface area contributed by atoms with Crippen LogP contribution in [0.3, 0.4) is 0 Å². The zero-order chi connectivity index (χ0) is 28.0. The van der Waals surface area contributed by atoms with Gasteiger partial charge in [0.05, 0.1) is 28.5 Å². The average molecular weight is 538 g/mol. The third kappa shape index (κ3) is 4.51. The Balaban J connectivity index is 1.22. The molecule has 4 N–H and O–H groups in total. The number of amides is 2. The molecule has 0 aliphatic carbocycles. The Morgan fingerprint density at radius 1 is 1.07 bits per heavy atom. The lowest BCUT2D eigenvalue weighted by Crippen LogP contribution is -2.39. The molecule has 0 saturated carbocycles. The summed E-state index contributed by atoms with van der Waals surface area (Å²) in [5.41, 5.74) is 6.15. The van der Waals surface area contributed by atoms with Crippen LogP contribution >= 0.6 is 0 Å². The number of nitrogens with zero attached hydrogens (tertiary/aromatic N) is 4. The van der Waals surface area contributed by atoms with Gasteiger partial charge in [-0.15, -0.1) is 0 Å². The lowest BCUT2D eigenvalue weighted by molar-refractivity contribution is -0.141.